The highest BCUT2D eigenvalue weighted by Crippen LogP contribution is 2.22. The van der Waals surface area contributed by atoms with E-state index in [1.54, 1.807) is 18.2 Å². The molecule has 0 saturated carbocycles. The molecule has 142 valence electrons. The van der Waals surface area contributed by atoms with Crippen LogP contribution in [0.5, 0.6) is 0 Å². The first kappa shape index (κ1) is 18.3. The minimum absolute atomic E-state index is 0.0465. The van der Waals surface area contributed by atoms with Crippen molar-refractivity contribution < 1.29 is 9.59 Å². The van der Waals surface area contributed by atoms with Crippen molar-refractivity contribution in [1.29, 1.82) is 0 Å². The number of benzene rings is 2. The molecule has 5 nitrogen and oxygen atoms in total. The van der Waals surface area contributed by atoms with Crippen molar-refractivity contribution >= 4 is 34.5 Å². The van der Waals surface area contributed by atoms with Crippen LogP contribution in [-0.4, -0.2) is 42.9 Å². The summed E-state index contributed by atoms with van der Waals surface area (Å²) in [6.45, 7) is 2.89. The van der Waals surface area contributed by atoms with E-state index in [1.165, 1.54) is 17.0 Å². The standard InChI is InChI=1S/C22H21N3O2S/c26-21(20-11-6-16-28-20)23-19-10-5-4-9-18(19)22(27)25-14-12-24(13-15-25)17-7-2-1-3-8-17/h1-11,16H,12-15H2,(H,23,26). The van der Waals surface area contributed by atoms with Crippen molar-refractivity contribution in [1.82, 2.24) is 4.90 Å². The number of thiophene rings is 1. The SMILES string of the molecule is O=C(Nc1ccccc1C(=O)N1CCN(c2ccccc2)CC1)c1cccs1. The summed E-state index contributed by atoms with van der Waals surface area (Å²) >= 11 is 1.38. The van der Waals surface area contributed by atoms with Gasteiger partial charge in [-0.05, 0) is 35.7 Å². The topological polar surface area (TPSA) is 52.7 Å². The number of para-hydroxylation sites is 2. The van der Waals surface area contributed by atoms with Crippen LogP contribution < -0.4 is 10.2 Å². The summed E-state index contributed by atoms with van der Waals surface area (Å²) in [6, 6.07) is 21.1. The Morgan fingerprint density at radius 3 is 2.25 bits per heavy atom. The van der Waals surface area contributed by atoms with Gasteiger partial charge in [0.25, 0.3) is 11.8 Å². The number of amides is 2. The third-order valence-corrected chi connectivity index (χ3v) is 5.71. The Morgan fingerprint density at radius 1 is 0.821 bits per heavy atom. The van der Waals surface area contributed by atoms with Crippen molar-refractivity contribution in [2.75, 3.05) is 36.4 Å². The second-order valence-corrected chi connectivity index (χ2v) is 7.54. The molecule has 28 heavy (non-hydrogen) atoms. The van der Waals surface area contributed by atoms with Crippen LogP contribution in [0, 0.1) is 0 Å². The van der Waals surface area contributed by atoms with E-state index in [1.807, 2.05) is 46.7 Å². The number of piperazine rings is 1. The van der Waals surface area contributed by atoms with Gasteiger partial charge in [0.15, 0.2) is 0 Å². The van der Waals surface area contributed by atoms with Gasteiger partial charge < -0.3 is 15.1 Å². The molecule has 3 aromatic rings. The van der Waals surface area contributed by atoms with E-state index in [4.69, 9.17) is 0 Å². The van der Waals surface area contributed by atoms with E-state index in [-0.39, 0.29) is 11.8 Å². The van der Waals surface area contributed by atoms with Gasteiger partial charge in [0, 0.05) is 31.9 Å². The Morgan fingerprint density at radius 2 is 1.54 bits per heavy atom. The number of carbonyl (C=O) groups is 2. The monoisotopic (exact) mass is 391 g/mol. The van der Waals surface area contributed by atoms with Crippen molar-refractivity contribution in [3.63, 3.8) is 0 Å². The molecule has 0 bridgehead atoms. The molecular formula is C22H21N3O2S. The van der Waals surface area contributed by atoms with Crippen LogP contribution in [-0.2, 0) is 0 Å². The summed E-state index contributed by atoms with van der Waals surface area (Å²) in [5.74, 6) is -0.237. The normalized spacial score (nSPS) is 14.0. The maximum absolute atomic E-state index is 13.1. The van der Waals surface area contributed by atoms with Crippen molar-refractivity contribution in [3.05, 3.63) is 82.6 Å². The fourth-order valence-corrected chi connectivity index (χ4v) is 3.97. The van der Waals surface area contributed by atoms with Gasteiger partial charge in [-0.2, -0.15) is 0 Å². The number of hydrogen-bond donors (Lipinski definition) is 1. The number of nitrogens with zero attached hydrogens (tertiary/aromatic N) is 2. The quantitative estimate of drug-likeness (QED) is 0.732. The van der Waals surface area contributed by atoms with E-state index in [0.29, 0.717) is 29.2 Å². The molecule has 1 fully saturated rings. The highest BCUT2D eigenvalue weighted by Gasteiger charge is 2.24. The Hall–Kier alpha value is -3.12. The molecule has 1 N–H and O–H groups in total. The number of hydrogen-bond acceptors (Lipinski definition) is 4. The van der Waals surface area contributed by atoms with E-state index >= 15 is 0 Å². The first-order valence-electron chi connectivity index (χ1n) is 9.25. The largest absolute Gasteiger partial charge is 0.368 e. The molecule has 0 spiro atoms. The lowest BCUT2D eigenvalue weighted by Crippen LogP contribution is -2.48. The highest BCUT2D eigenvalue weighted by molar-refractivity contribution is 7.12. The summed E-state index contributed by atoms with van der Waals surface area (Å²) in [5, 5.41) is 4.74. The lowest BCUT2D eigenvalue weighted by molar-refractivity contribution is 0.0748. The average molecular weight is 391 g/mol. The zero-order valence-corrected chi connectivity index (χ0v) is 16.2. The zero-order valence-electron chi connectivity index (χ0n) is 15.4. The molecule has 1 aliphatic heterocycles. The van der Waals surface area contributed by atoms with Gasteiger partial charge in [-0.25, -0.2) is 0 Å². The molecule has 1 aromatic heterocycles. The molecule has 1 saturated heterocycles. The third kappa shape index (κ3) is 3.92. The summed E-state index contributed by atoms with van der Waals surface area (Å²) in [5.41, 5.74) is 2.26. The van der Waals surface area contributed by atoms with Crippen LogP contribution in [0.1, 0.15) is 20.0 Å². The van der Waals surface area contributed by atoms with Crippen molar-refractivity contribution in [2.24, 2.45) is 0 Å². The van der Waals surface area contributed by atoms with E-state index in [2.05, 4.69) is 22.3 Å². The van der Waals surface area contributed by atoms with Gasteiger partial charge in [-0.1, -0.05) is 36.4 Å². The lowest BCUT2D eigenvalue weighted by atomic mass is 10.1. The fourth-order valence-electron chi connectivity index (χ4n) is 3.35. The van der Waals surface area contributed by atoms with E-state index in [9.17, 15) is 9.59 Å². The number of nitrogens with one attached hydrogen (secondary N) is 1. The molecule has 0 aliphatic carbocycles. The van der Waals surface area contributed by atoms with Gasteiger partial charge in [-0.3, -0.25) is 9.59 Å². The molecule has 1 aliphatic rings. The molecule has 4 rings (SSSR count). The Bertz CT molecular complexity index is 949. The van der Waals surface area contributed by atoms with Crippen LogP contribution in [0.2, 0.25) is 0 Å². The predicted molar refractivity (Wildman–Crippen MR) is 113 cm³/mol. The predicted octanol–water partition coefficient (Wildman–Crippen LogP) is 3.96. The maximum Gasteiger partial charge on any atom is 0.265 e. The fraction of sp³-hybridized carbons (Fsp3) is 0.182. The second kappa shape index (κ2) is 8.27. The van der Waals surface area contributed by atoms with Crippen LogP contribution in [0.4, 0.5) is 11.4 Å². The zero-order chi connectivity index (χ0) is 19.3. The Balaban J connectivity index is 1.45. The summed E-state index contributed by atoms with van der Waals surface area (Å²) in [4.78, 5) is 30.3. The van der Waals surface area contributed by atoms with Crippen LogP contribution >= 0.6 is 11.3 Å². The molecule has 0 radical (unpaired) electrons. The van der Waals surface area contributed by atoms with Crippen LogP contribution in [0.25, 0.3) is 0 Å². The number of rotatable bonds is 4. The Kier molecular flexibility index (Phi) is 5.39. The third-order valence-electron chi connectivity index (χ3n) is 4.84. The average Bonchev–Trinajstić information content (AvgIpc) is 3.30. The molecule has 2 amide bonds. The molecular weight excluding hydrogens is 370 g/mol. The number of carbonyl (C=O) groups excluding carboxylic acids is 2. The maximum atomic E-state index is 13.1. The smallest absolute Gasteiger partial charge is 0.265 e. The summed E-state index contributed by atoms with van der Waals surface area (Å²) in [6.07, 6.45) is 0. The summed E-state index contributed by atoms with van der Waals surface area (Å²) < 4.78 is 0. The molecule has 0 unspecified atom stereocenters. The highest BCUT2D eigenvalue weighted by atomic mass is 32.1. The first-order valence-corrected chi connectivity index (χ1v) is 10.1. The van der Waals surface area contributed by atoms with Gasteiger partial charge in [-0.15, -0.1) is 11.3 Å². The van der Waals surface area contributed by atoms with Crippen LogP contribution in [0.15, 0.2) is 72.1 Å². The first-order chi connectivity index (χ1) is 13.7. The molecule has 6 heteroatoms. The lowest BCUT2D eigenvalue weighted by Gasteiger charge is -2.36. The van der Waals surface area contributed by atoms with Gasteiger partial charge in [0.05, 0.1) is 16.1 Å². The molecule has 2 aromatic carbocycles. The van der Waals surface area contributed by atoms with Gasteiger partial charge in [0.2, 0.25) is 0 Å². The van der Waals surface area contributed by atoms with Crippen LogP contribution in [0.3, 0.4) is 0 Å². The summed E-state index contributed by atoms with van der Waals surface area (Å²) in [7, 11) is 0. The molecule has 2 heterocycles. The van der Waals surface area contributed by atoms with Gasteiger partial charge >= 0.3 is 0 Å². The van der Waals surface area contributed by atoms with E-state index in [0.717, 1.165) is 13.1 Å². The second-order valence-electron chi connectivity index (χ2n) is 6.59. The minimum atomic E-state index is -0.191. The van der Waals surface area contributed by atoms with Gasteiger partial charge in [0.1, 0.15) is 0 Å². The van der Waals surface area contributed by atoms with Crippen molar-refractivity contribution in [3.8, 4) is 0 Å². The number of anilines is 2. The minimum Gasteiger partial charge on any atom is -0.368 e. The van der Waals surface area contributed by atoms with Crippen molar-refractivity contribution in [2.45, 2.75) is 0 Å². The molecule has 0 atom stereocenters. The van der Waals surface area contributed by atoms with E-state index < -0.39 is 0 Å². The Labute approximate surface area is 168 Å².